The minimum absolute atomic E-state index is 0.0114. The van der Waals surface area contributed by atoms with Crippen LogP contribution in [0.25, 0.3) is 0 Å². The van der Waals surface area contributed by atoms with Gasteiger partial charge in [-0.2, -0.15) is 0 Å². The van der Waals surface area contributed by atoms with Gasteiger partial charge in [0.05, 0.1) is 12.0 Å². The molecule has 0 saturated heterocycles. The molecule has 0 aliphatic carbocycles. The van der Waals surface area contributed by atoms with Gasteiger partial charge in [-0.3, -0.25) is 4.79 Å². The fraction of sp³-hybridized carbons (Fsp3) is 0.188. The van der Waals surface area contributed by atoms with Gasteiger partial charge in [0.2, 0.25) is 0 Å². The Morgan fingerprint density at radius 2 is 1.78 bits per heavy atom. The lowest BCUT2D eigenvalue weighted by molar-refractivity contribution is -0.134. The zero-order chi connectivity index (χ0) is 16.9. The van der Waals surface area contributed by atoms with Crippen LogP contribution in [0.5, 0.6) is 5.75 Å². The number of nitrogens with one attached hydrogen (secondary N) is 1. The molecule has 6 nitrogen and oxygen atoms in total. The number of carbonyl (C=O) groups is 1. The number of sulfone groups is 1. The molecule has 0 spiro atoms. The summed E-state index contributed by atoms with van der Waals surface area (Å²) >= 11 is 0. The minimum atomic E-state index is -3.80. The van der Waals surface area contributed by atoms with Gasteiger partial charge in [-0.1, -0.05) is 18.2 Å². The van der Waals surface area contributed by atoms with Crippen molar-refractivity contribution >= 4 is 21.5 Å². The van der Waals surface area contributed by atoms with Crippen molar-refractivity contribution in [3.05, 3.63) is 54.1 Å². The van der Waals surface area contributed by atoms with E-state index < -0.39 is 21.6 Å². The molecule has 2 aromatic rings. The van der Waals surface area contributed by atoms with Crippen LogP contribution in [-0.2, 0) is 21.2 Å². The minimum Gasteiger partial charge on any atom is -0.496 e. The van der Waals surface area contributed by atoms with E-state index in [0.29, 0.717) is 6.54 Å². The van der Waals surface area contributed by atoms with Crippen molar-refractivity contribution < 1.29 is 23.1 Å². The van der Waals surface area contributed by atoms with E-state index in [-0.39, 0.29) is 4.90 Å². The molecule has 2 aromatic carbocycles. The first kappa shape index (κ1) is 16.8. The molecule has 0 aromatic heterocycles. The molecule has 0 aliphatic rings. The maximum atomic E-state index is 11.8. The van der Waals surface area contributed by atoms with Gasteiger partial charge in [0.1, 0.15) is 5.75 Å². The van der Waals surface area contributed by atoms with E-state index in [1.807, 2.05) is 24.3 Å². The summed E-state index contributed by atoms with van der Waals surface area (Å²) in [7, 11) is -2.20. The average molecular weight is 335 g/mol. The summed E-state index contributed by atoms with van der Waals surface area (Å²) in [6.07, 6.45) is 0. The van der Waals surface area contributed by atoms with Crippen LogP contribution in [0.2, 0.25) is 0 Å². The standard InChI is InChI=1S/C16H17NO5S/c1-22-15-5-3-2-4-12(15)10-17-13-6-8-14(9-7-13)23(20,21)11-16(18)19/h2-9,17H,10-11H2,1H3,(H,18,19). The lowest BCUT2D eigenvalue weighted by Gasteiger charge is -2.11. The second kappa shape index (κ2) is 7.15. The van der Waals surface area contributed by atoms with E-state index in [1.165, 1.54) is 12.1 Å². The SMILES string of the molecule is COc1ccccc1CNc1ccc(S(=O)(=O)CC(=O)O)cc1. The molecule has 0 unspecified atom stereocenters. The summed E-state index contributed by atoms with van der Waals surface area (Å²) < 4.78 is 28.9. The zero-order valence-corrected chi connectivity index (χ0v) is 13.3. The number of hydrogen-bond acceptors (Lipinski definition) is 5. The predicted octanol–water partition coefficient (Wildman–Crippen LogP) is 2.17. The van der Waals surface area contributed by atoms with Gasteiger partial charge < -0.3 is 15.2 Å². The Balaban J connectivity index is 2.07. The molecule has 0 amide bonds. The predicted molar refractivity (Wildman–Crippen MR) is 86.5 cm³/mol. The highest BCUT2D eigenvalue weighted by Gasteiger charge is 2.18. The largest absolute Gasteiger partial charge is 0.496 e. The third kappa shape index (κ3) is 4.46. The first-order chi connectivity index (χ1) is 10.9. The Kier molecular flexibility index (Phi) is 5.23. The topological polar surface area (TPSA) is 92.7 Å². The second-order valence-electron chi connectivity index (χ2n) is 4.84. The zero-order valence-electron chi connectivity index (χ0n) is 12.5. The Hall–Kier alpha value is -2.54. The van der Waals surface area contributed by atoms with E-state index in [1.54, 1.807) is 19.2 Å². The quantitative estimate of drug-likeness (QED) is 0.805. The molecule has 0 aliphatic heterocycles. The van der Waals surface area contributed by atoms with Crippen molar-refractivity contribution in [2.45, 2.75) is 11.4 Å². The number of methoxy groups -OCH3 is 1. The Labute approximate surface area is 134 Å². The first-order valence-electron chi connectivity index (χ1n) is 6.83. The monoisotopic (exact) mass is 335 g/mol. The molecule has 2 rings (SSSR count). The lowest BCUT2D eigenvalue weighted by Crippen LogP contribution is -2.15. The normalized spacial score (nSPS) is 11.0. The molecule has 0 bridgehead atoms. The highest BCUT2D eigenvalue weighted by molar-refractivity contribution is 7.92. The van der Waals surface area contributed by atoms with Crippen LogP contribution in [0.15, 0.2) is 53.4 Å². The van der Waals surface area contributed by atoms with Crippen LogP contribution < -0.4 is 10.1 Å². The molecule has 0 saturated carbocycles. The number of carboxylic acids is 1. The average Bonchev–Trinajstić information content (AvgIpc) is 2.52. The molecule has 2 N–H and O–H groups in total. The molecular weight excluding hydrogens is 318 g/mol. The van der Waals surface area contributed by atoms with Gasteiger partial charge >= 0.3 is 5.97 Å². The van der Waals surface area contributed by atoms with Crippen molar-refractivity contribution in [1.82, 2.24) is 0 Å². The molecule has 122 valence electrons. The highest BCUT2D eigenvalue weighted by atomic mass is 32.2. The van der Waals surface area contributed by atoms with Crippen LogP contribution in [-0.4, -0.2) is 32.4 Å². The van der Waals surface area contributed by atoms with E-state index in [9.17, 15) is 13.2 Å². The van der Waals surface area contributed by atoms with Crippen LogP contribution in [0, 0.1) is 0 Å². The number of anilines is 1. The van der Waals surface area contributed by atoms with Gasteiger partial charge in [-0.25, -0.2) is 8.42 Å². The van der Waals surface area contributed by atoms with Gasteiger partial charge in [0, 0.05) is 17.8 Å². The number of para-hydroxylation sites is 1. The fourth-order valence-electron chi connectivity index (χ4n) is 2.07. The summed E-state index contributed by atoms with van der Waals surface area (Å²) in [4.78, 5) is 10.6. The van der Waals surface area contributed by atoms with Gasteiger partial charge in [-0.15, -0.1) is 0 Å². The molecule has 0 fully saturated rings. The highest BCUT2D eigenvalue weighted by Crippen LogP contribution is 2.20. The number of rotatable bonds is 7. The molecule has 0 atom stereocenters. The summed E-state index contributed by atoms with van der Waals surface area (Å²) in [5, 5.41) is 11.8. The molecule has 7 heteroatoms. The Morgan fingerprint density at radius 1 is 1.13 bits per heavy atom. The first-order valence-corrected chi connectivity index (χ1v) is 8.48. The van der Waals surface area contributed by atoms with Crippen molar-refractivity contribution in [1.29, 1.82) is 0 Å². The molecular formula is C16H17NO5S. The third-order valence-corrected chi connectivity index (χ3v) is 4.82. The van der Waals surface area contributed by atoms with Gasteiger partial charge in [0.15, 0.2) is 15.6 Å². The molecule has 23 heavy (non-hydrogen) atoms. The van der Waals surface area contributed by atoms with Crippen molar-refractivity contribution in [3.8, 4) is 5.75 Å². The van der Waals surface area contributed by atoms with E-state index in [4.69, 9.17) is 9.84 Å². The Bertz CT molecular complexity index is 784. The smallest absolute Gasteiger partial charge is 0.319 e. The van der Waals surface area contributed by atoms with Crippen molar-refractivity contribution in [2.75, 3.05) is 18.2 Å². The lowest BCUT2D eigenvalue weighted by atomic mass is 10.2. The Morgan fingerprint density at radius 3 is 2.39 bits per heavy atom. The maximum absolute atomic E-state index is 11.8. The number of hydrogen-bond donors (Lipinski definition) is 2. The van der Waals surface area contributed by atoms with Crippen LogP contribution in [0.4, 0.5) is 5.69 Å². The van der Waals surface area contributed by atoms with E-state index >= 15 is 0 Å². The third-order valence-electron chi connectivity index (χ3n) is 3.20. The number of carboxylic acid groups (broad SMARTS) is 1. The fourth-order valence-corrected chi connectivity index (χ4v) is 3.11. The number of ether oxygens (including phenoxy) is 1. The van der Waals surface area contributed by atoms with Gasteiger partial charge in [-0.05, 0) is 30.3 Å². The summed E-state index contributed by atoms with van der Waals surface area (Å²) in [5.41, 5.74) is 1.70. The van der Waals surface area contributed by atoms with E-state index in [2.05, 4.69) is 5.32 Å². The summed E-state index contributed by atoms with van der Waals surface area (Å²) in [6, 6.07) is 13.6. The van der Waals surface area contributed by atoms with Crippen molar-refractivity contribution in [2.24, 2.45) is 0 Å². The summed E-state index contributed by atoms with van der Waals surface area (Å²) in [5.74, 6) is -1.52. The number of benzene rings is 2. The molecule has 0 heterocycles. The van der Waals surface area contributed by atoms with Gasteiger partial charge in [0.25, 0.3) is 0 Å². The van der Waals surface area contributed by atoms with Crippen molar-refractivity contribution in [3.63, 3.8) is 0 Å². The number of aliphatic carboxylic acids is 1. The van der Waals surface area contributed by atoms with E-state index in [0.717, 1.165) is 17.0 Å². The van der Waals surface area contributed by atoms with Crippen LogP contribution in [0.1, 0.15) is 5.56 Å². The second-order valence-corrected chi connectivity index (χ2v) is 6.83. The van der Waals surface area contributed by atoms with Crippen LogP contribution in [0.3, 0.4) is 0 Å². The van der Waals surface area contributed by atoms with Crippen LogP contribution >= 0.6 is 0 Å². The molecule has 0 radical (unpaired) electrons. The summed E-state index contributed by atoms with van der Waals surface area (Å²) in [6.45, 7) is 0.519. The maximum Gasteiger partial charge on any atom is 0.319 e.